The predicted molar refractivity (Wildman–Crippen MR) is 39.5 cm³/mol. The summed E-state index contributed by atoms with van der Waals surface area (Å²) in [5.41, 5.74) is 0.900. The van der Waals surface area contributed by atoms with E-state index in [1.807, 2.05) is 0 Å². The van der Waals surface area contributed by atoms with E-state index >= 15 is 0 Å². The van der Waals surface area contributed by atoms with Crippen LogP contribution < -0.4 is 0 Å². The molecule has 0 atom stereocenters. The molecule has 1 aromatic carbocycles. The Morgan fingerprint density at radius 1 is 1.18 bits per heavy atom. The first kappa shape index (κ1) is 8.20. The zero-order chi connectivity index (χ0) is 8.48. The number of halogens is 1. The monoisotopic (exact) mass is 173 g/mol. The van der Waals surface area contributed by atoms with E-state index in [0.29, 0.717) is 0 Å². The quantitative estimate of drug-likeness (QED) is 0.605. The van der Waals surface area contributed by atoms with Crippen LogP contribution in [0.5, 0.6) is 0 Å². The molecule has 0 aliphatic carbocycles. The topological polar surface area (TPSA) is 34.1 Å². The van der Waals surface area contributed by atoms with Crippen LogP contribution in [0.15, 0.2) is 29.2 Å². The van der Waals surface area contributed by atoms with E-state index in [1.165, 1.54) is 12.1 Å². The van der Waals surface area contributed by atoms with Crippen LogP contribution in [0.3, 0.4) is 0 Å². The van der Waals surface area contributed by atoms with Gasteiger partial charge in [0.05, 0.1) is 4.90 Å². The van der Waals surface area contributed by atoms with Gasteiger partial charge in [-0.1, -0.05) is 17.7 Å². The zero-order valence-electron chi connectivity index (χ0n) is 5.91. The van der Waals surface area contributed by atoms with Crippen LogP contribution >= 0.6 is 0 Å². The molecule has 1 aromatic rings. The van der Waals surface area contributed by atoms with E-state index in [1.54, 1.807) is 19.1 Å². The molecule has 0 amide bonds. The average Bonchev–Trinajstić information content (AvgIpc) is 1.86. The van der Waals surface area contributed by atoms with Crippen molar-refractivity contribution >= 4 is 10.2 Å². The Morgan fingerprint density at radius 3 is 2.00 bits per heavy atom. The Hall–Kier alpha value is -0.900. The van der Waals surface area contributed by atoms with Gasteiger partial charge in [-0.2, -0.15) is 8.42 Å². The summed E-state index contributed by atoms with van der Waals surface area (Å²) in [5, 5.41) is 0. The van der Waals surface area contributed by atoms with Crippen LogP contribution in [0.4, 0.5) is 3.89 Å². The van der Waals surface area contributed by atoms with Crippen LogP contribution in [0.1, 0.15) is 5.56 Å². The SMILES string of the molecule is Cc1ccc(S(=O)(=O)[18F])cc1. The molecule has 0 aromatic heterocycles. The Bertz CT molecular complexity index is 339. The van der Waals surface area contributed by atoms with E-state index in [-0.39, 0.29) is 4.90 Å². The summed E-state index contributed by atoms with van der Waals surface area (Å²) >= 11 is 0. The molecule has 0 spiro atoms. The lowest BCUT2D eigenvalue weighted by atomic mass is 10.2. The molecule has 0 fully saturated rings. The van der Waals surface area contributed by atoms with Crippen molar-refractivity contribution in [1.29, 1.82) is 0 Å². The van der Waals surface area contributed by atoms with Gasteiger partial charge in [0, 0.05) is 0 Å². The standard InChI is InChI=1S/C7H7FO2S/c1-6-2-4-7(5-3-6)11(8,9)10/h2-5H,1H3/i8-1. The first-order valence-corrected chi connectivity index (χ1v) is 4.40. The van der Waals surface area contributed by atoms with Crippen molar-refractivity contribution in [3.63, 3.8) is 0 Å². The molecule has 0 aliphatic rings. The molecule has 0 radical (unpaired) electrons. The zero-order valence-corrected chi connectivity index (χ0v) is 6.73. The van der Waals surface area contributed by atoms with Gasteiger partial charge in [-0.25, -0.2) is 0 Å². The molecule has 0 N–H and O–H groups in total. The van der Waals surface area contributed by atoms with Crippen molar-refractivity contribution in [3.05, 3.63) is 29.8 Å². The van der Waals surface area contributed by atoms with Gasteiger partial charge in [-0.05, 0) is 19.1 Å². The highest BCUT2D eigenvalue weighted by molar-refractivity contribution is 7.86. The largest absolute Gasteiger partial charge is 0.332 e. The van der Waals surface area contributed by atoms with E-state index < -0.39 is 10.2 Å². The van der Waals surface area contributed by atoms with Crippen LogP contribution in [0, 0.1) is 6.92 Å². The van der Waals surface area contributed by atoms with Gasteiger partial charge in [0.15, 0.2) is 0 Å². The first-order chi connectivity index (χ1) is 5.00. The number of hydrogen-bond donors (Lipinski definition) is 0. The summed E-state index contributed by atoms with van der Waals surface area (Å²) in [6.45, 7) is 1.80. The molecule has 0 heterocycles. The molecule has 0 aliphatic heterocycles. The number of aryl methyl sites for hydroxylation is 1. The summed E-state index contributed by atoms with van der Waals surface area (Å²) < 4.78 is 32.8. The van der Waals surface area contributed by atoms with Gasteiger partial charge in [0.2, 0.25) is 0 Å². The smallest absolute Gasteiger partial charge is 0.189 e. The van der Waals surface area contributed by atoms with Crippen LogP contribution in [0.2, 0.25) is 0 Å². The summed E-state index contributed by atoms with van der Waals surface area (Å²) in [4.78, 5) is -0.289. The number of hydrogen-bond acceptors (Lipinski definition) is 2. The molecule has 4 heteroatoms. The van der Waals surface area contributed by atoms with E-state index in [0.717, 1.165) is 5.56 Å². The summed E-state index contributed by atoms with van der Waals surface area (Å²) in [5.74, 6) is 0. The van der Waals surface area contributed by atoms with Crippen molar-refractivity contribution in [3.8, 4) is 0 Å². The van der Waals surface area contributed by atoms with Crippen LogP contribution in [-0.4, -0.2) is 8.42 Å². The molecule has 0 bridgehead atoms. The molecular formula is C7H7FO2S. The fraction of sp³-hybridized carbons (Fsp3) is 0.143. The van der Waals surface area contributed by atoms with Crippen molar-refractivity contribution in [2.24, 2.45) is 0 Å². The van der Waals surface area contributed by atoms with Gasteiger partial charge in [0.1, 0.15) is 0 Å². The molecule has 11 heavy (non-hydrogen) atoms. The summed E-state index contributed by atoms with van der Waals surface area (Å²) in [7, 11) is -4.52. The maximum absolute atomic E-state index is 12.2. The second-order valence-corrected chi connectivity index (χ2v) is 3.60. The van der Waals surface area contributed by atoms with Gasteiger partial charge < -0.3 is 0 Å². The Morgan fingerprint density at radius 2 is 1.64 bits per heavy atom. The molecule has 0 saturated heterocycles. The maximum Gasteiger partial charge on any atom is 0.332 e. The van der Waals surface area contributed by atoms with Gasteiger partial charge in [-0.15, -0.1) is 3.89 Å². The van der Waals surface area contributed by atoms with E-state index in [9.17, 15) is 12.3 Å². The predicted octanol–water partition coefficient (Wildman–Crippen LogP) is 1.65. The van der Waals surface area contributed by atoms with E-state index in [2.05, 4.69) is 0 Å². The fourth-order valence-electron chi connectivity index (χ4n) is 0.701. The molecule has 60 valence electrons. The Kier molecular flexibility index (Phi) is 1.95. The van der Waals surface area contributed by atoms with Crippen molar-refractivity contribution < 1.29 is 12.3 Å². The van der Waals surface area contributed by atoms with Crippen LogP contribution in [0.25, 0.3) is 0 Å². The Labute approximate surface area is 64.9 Å². The van der Waals surface area contributed by atoms with Crippen molar-refractivity contribution in [2.45, 2.75) is 11.8 Å². The number of benzene rings is 1. The van der Waals surface area contributed by atoms with Crippen molar-refractivity contribution in [1.82, 2.24) is 0 Å². The number of rotatable bonds is 1. The minimum absolute atomic E-state index is 0.289. The highest BCUT2D eigenvalue weighted by Crippen LogP contribution is 2.11. The fourth-order valence-corrected chi connectivity index (χ4v) is 1.16. The molecule has 0 saturated carbocycles. The third kappa shape index (κ3) is 2.01. The second-order valence-electron chi connectivity index (χ2n) is 2.25. The summed E-state index contributed by atoms with van der Waals surface area (Å²) in [6.07, 6.45) is 0. The maximum atomic E-state index is 12.2. The van der Waals surface area contributed by atoms with Crippen LogP contribution in [-0.2, 0) is 10.2 Å². The molecule has 1 rings (SSSR count). The summed E-state index contributed by atoms with van der Waals surface area (Å²) in [6, 6.07) is 5.58. The minimum atomic E-state index is -4.52. The van der Waals surface area contributed by atoms with Gasteiger partial charge in [-0.3, -0.25) is 0 Å². The molecule has 0 unspecified atom stereocenters. The highest BCUT2D eigenvalue weighted by Gasteiger charge is 2.09. The lowest BCUT2D eigenvalue weighted by Crippen LogP contribution is -1.90. The third-order valence-corrected chi connectivity index (χ3v) is 2.14. The third-order valence-electron chi connectivity index (χ3n) is 1.30. The van der Waals surface area contributed by atoms with Gasteiger partial charge >= 0.3 is 10.2 Å². The highest BCUT2D eigenvalue weighted by atomic mass is 32.2. The minimum Gasteiger partial charge on any atom is -0.189 e. The lowest BCUT2D eigenvalue weighted by molar-refractivity contribution is 0.552. The first-order valence-electron chi connectivity index (χ1n) is 3.01. The molecule has 2 nitrogen and oxygen atoms in total. The second kappa shape index (κ2) is 2.62. The van der Waals surface area contributed by atoms with Gasteiger partial charge in [0.25, 0.3) is 0 Å². The van der Waals surface area contributed by atoms with E-state index in [4.69, 9.17) is 0 Å². The Balaban J connectivity index is 3.20. The van der Waals surface area contributed by atoms with Crippen molar-refractivity contribution in [2.75, 3.05) is 0 Å². The average molecular weight is 173 g/mol. The normalized spacial score (nSPS) is 11.5. The molecular weight excluding hydrogens is 166 g/mol. The lowest BCUT2D eigenvalue weighted by Gasteiger charge is -1.93.